The van der Waals surface area contributed by atoms with Crippen LogP contribution in [0.5, 0.6) is 5.75 Å². The van der Waals surface area contributed by atoms with E-state index in [1.807, 2.05) is 31.2 Å². The summed E-state index contributed by atoms with van der Waals surface area (Å²) in [4.78, 5) is 13.6. The van der Waals surface area contributed by atoms with Crippen molar-refractivity contribution in [3.63, 3.8) is 0 Å². The molecule has 1 aromatic rings. The minimum Gasteiger partial charge on any atom is -0.497 e. The van der Waals surface area contributed by atoms with Gasteiger partial charge in [0.1, 0.15) is 11.9 Å². The predicted molar refractivity (Wildman–Crippen MR) is 74.6 cm³/mol. The van der Waals surface area contributed by atoms with Crippen molar-refractivity contribution < 1.29 is 19.4 Å². The van der Waals surface area contributed by atoms with Gasteiger partial charge in [-0.25, -0.2) is 4.79 Å². The first-order chi connectivity index (χ1) is 9.51. The van der Waals surface area contributed by atoms with Gasteiger partial charge in [0, 0.05) is 13.0 Å². The summed E-state index contributed by atoms with van der Waals surface area (Å²) >= 11 is 0. The van der Waals surface area contributed by atoms with Gasteiger partial charge in [-0.3, -0.25) is 4.90 Å². The van der Waals surface area contributed by atoms with Crippen LogP contribution < -0.4 is 4.74 Å². The molecule has 0 spiro atoms. The Kier molecular flexibility index (Phi) is 4.49. The molecule has 1 N–H and O–H groups in total. The van der Waals surface area contributed by atoms with Crippen LogP contribution in [0, 0.1) is 0 Å². The molecule has 1 fully saturated rings. The maximum absolute atomic E-state index is 11.9. The molecule has 0 saturated carbocycles. The maximum Gasteiger partial charge on any atom is 0.410 e. The van der Waals surface area contributed by atoms with Crippen LogP contribution in [0.1, 0.15) is 25.8 Å². The van der Waals surface area contributed by atoms with Crippen molar-refractivity contribution in [2.75, 3.05) is 7.11 Å². The number of hydrogen-bond donors (Lipinski definition) is 1. The smallest absolute Gasteiger partial charge is 0.410 e. The average Bonchev–Trinajstić information content (AvgIpc) is 2.66. The molecule has 1 aliphatic heterocycles. The molecule has 0 aromatic heterocycles. The summed E-state index contributed by atoms with van der Waals surface area (Å²) in [7, 11) is 1.62. The van der Waals surface area contributed by atoms with Crippen LogP contribution in [0.3, 0.4) is 0 Å². The fourth-order valence-electron chi connectivity index (χ4n) is 2.38. The summed E-state index contributed by atoms with van der Waals surface area (Å²) in [5.41, 5.74) is 1.02. The SMILES string of the molecule is COc1ccc(CN2C(=O)O[C@@H](C[C@H](C)O)[C@@H]2C)cc1. The first kappa shape index (κ1) is 14.7. The molecule has 1 amide bonds. The highest BCUT2D eigenvalue weighted by Crippen LogP contribution is 2.25. The van der Waals surface area contributed by atoms with E-state index in [1.165, 1.54) is 0 Å². The average molecular weight is 279 g/mol. The van der Waals surface area contributed by atoms with Crippen LogP contribution in [-0.4, -0.2) is 41.5 Å². The van der Waals surface area contributed by atoms with E-state index in [9.17, 15) is 9.90 Å². The van der Waals surface area contributed by atoms with Crippen LogP contribution in [0.2, 0.25) is 0 Å². The molecule has 110 valence electrons. The minimum atomic E-state index is -0.476. The van der Waals surface area contributed by atoms with Gasteiger partial charge < -0.3 is 14.6 Å². The normalized spacial score (nSPS) is 23.6. The lowest BCUT2D eigenvalue weighted by molar-refractivity contribution is 0.0835. The van der Waals surface area contributed by atoms with E-state index < -0.39 is 6.10 Å². The quantitative estimate of drug-likeness (QED) is 0.897. The van der Waals surface area contributed by atoms with Gasteiger partial charge in [0.05, 0.1) is 19.3 Å². The van der Waals surface area contributed by atoms with E-state index in [1.54, 1.807) is 18.9 Å². The van der Waals surface area contributed by atoms with Crippen LogP contribution in [0.15, 0.2) is 24.3 Å². The molecule has 5 nitrogen and oxygen atoms in total. The molecule has 2 rings (SSSR count). The van der Waals surface area contributed by atoms with Gasteiger partial charge >= 0.3 is 6.09 Å². The van der Waals surface area contributed by atoms with E-state index in [-0.39, 0.29) is 18.2 Å². The Labute approximate surface area is 119 Å². The molecular weight excluding hydrogens is 258 g/mol. The minimum absolute atomic E-state index is 0.0424. The van der Waals surface area contributed by atoms with E-state index in [2.05, 4.69) is 0 Å². The molecule has 3 atom stereocenters. The summed E-state index contributed by atoms with van der Waals surface area (Å²) < 4.78 is 10.4. The molecule has 1 saturated heterocycles. The van der Waals surface area contributed by atoms with Crippen molar-refractivity contribution >= 4 is 6.09 Å². The van der Waals surface area contributed by atoms with Gasteiger partial charge in [0.15, 0.2) is 0 Å². The first-order valence-electron chi connectivity index (χ1n) is 6.79. The van der Waals surface area contributed by atoms with Crippen molar-refractivity contribution in [3.8, 4) is 5.75 Å². The number of cyclic esters (lactones) is 1. The van der Waals surface area contributed by atoms with Gasteiger partial charge in [-0.2, -0.15) is 0 Å². The number of aliphatic hydroxyl groups is 1. The van der Waals surface area contributed by atoms with Crippen molar-refractivity contribution in [3.05, 3.63) is 29.8 Å². The number of amides is 1. The van der Waals surface area contributed by atoms with E-state index in [0.29, 0.717) is 13.0 Å². The molecule has 0 radical (unpaired) electrons. The van der Waals surface area contributed by atoms with E-state index >= 15 is 0 Å². The zero-order valence-electron chi connectivity index (χ0n) is 12.1. The van der Waals surface area contributed by atoms with Gasteiger partial charge in [0.2, 0.25) is 0 Å². The summed E-state index contributed by atoms with van der Waals surface area (Å²) in [5, 5.41) is 9.43. The fourth-order valence-corrected chi connectivity index (χ4v) is 2.38. The standard InChI is InChI=1S/C15H21NO4/c1-10(17)8-14-11(2)16(15(18)20-14)9-12-4-6-13(19-3)7-5-12/h4-7,10-11,14,17H,8-9H2,1-3H3/t10-,11-,14-/m0/s1. The number of nitrogens with zero attached hydrogens (tertiary/aromatic N) is 1. The van der Waals surface area contributed by atoms with Crippen molar-refractivity contribution in [1.29, 1.82) is 0 Å². The molecule has 1 aromatic carbocycles. The van der Waals surface area contributed by atoms with Gasteiger partial charge in [0.25, 0.3) is 0 Å². The van der Waals surface area contributed by atoms with Crippen LogP contribution in [-0.2, 0) is 11.3 Å². The monoisotopic (exact) mass is 279 g/mol. The Morgan fingerprint density at radius 1 is 1.40 bits per heavy atom. The Bertz CT molecular complexity index is 457. The predicted octanol–water partition coefficient (Wildman–Crippen LogP) is 2.18. The van der Waals surface area contributed by atoms with Gasteiger partial charge in [-0.15, -0.1) is 0 Å². The number of rotatable bonds is 5. The van der Waals surface area contributed by atoms with E-state index in [0.717, 1.165) is 11.3 Å². The second kappa shape index (κ2) is 6.13. The lowest BCUT2D eigenvalue weighted by Crippen LogP contribution is -2.34. The number of aliphatic hydroxyl groups excluding tert-OH is 1. The van der Waals surface area contributed by atoms with Gasteiger partial charge in [-0.1, -0.05) is 12.1 Å². The summed E-state index contributed by atoms with van der Waals surface area (Å²) in [5.74, 6) is 0.790. The third kappa shape index (κ3) is 3.22. The number of methoxy groups -OCH3 is 1. The summed E-state index contributed by atoms with van der Waals surface area (Å²) in [6, 6.07) is 7.56. The number of hydrogen-bond acceptors (Lipinski definition) is 4. The van der Waals surface area contributed by atoms with E-state index in [4.69, 9.17) is 9.47 Å². The molecule has 1 aliphatic rings. The second-order valence-corrected chi connectivity index (χ2v) is 5.22. The molecule has 0 unspecified atom stereocenters. The highest BCUT2D eigenvalue weighted by molar-refractivity contribution is 5.70. The molecule has 0 aliphatic carbocycles. The lowest BCUT2D eigenvalue weighted by Gasteiger charge is -2.21. The summed E-state index contributed by atoms with van der Waals surface area (Å²) in [6.07, 6.45) is -0.581. The lowest BCUT2D eigenvalue weighted by atomic mass is 10.1. The van der Waals surface area contributed by atoms with Crippen LogP contribution in [0.4, 0.5) is 4.79 Å². The Hall–Kier alpha value is -1.75. The maximum atomic E-state index is 11.9. The highest BCUT2D eigenvalue weighted by atomic mass is 16.6. The highest BCUT2D eigenvalue weighted by Gasteiger charge is 2.38. The van der Waals surface area contributed by atoms with Crippen molar-refractivity contribution in [1.82, 2.24) is 4.90 Å². The van der Waals surface area contributed by atoms with Gasteiger partial charge in [-0.05, 0) is 31.5 Å². The molecular formula is C15H21NO4. The number of benzene rings is 1. The Morgan fingerprint density at radius 3 is 2.60 bits per heavy atom. The fraction of sp³-hybridized carbons (Fsp3) is 0.533. The zero-order chi connectivity index (χ0) is 14.7. The molecule has 0 bridgehead atoms. The largest absolute Gasteiger partial charge is 0.497 e. The third-order valence-corrected chi connectivity index (χ3v) is 3.60. The van der Waals surface area contributed by atoms with Crippen LogP contribution in [0.25, 0.3) is 0 Å². The molecule has 1 heterocycles. The first-order valence-corrected chi connectivity index (χ1v) is 6.79. The topological polar surface area (TPSA) is 59.0 Å². The Morgan fingerprint density at radius 2 is 2.05 bits per heavy atom. The second-order valence-electron chi connectivity index (χ2n) is 5.22. The van der Waals surface area contributed by atoms with Crippen LogP contribution >= 0.6 is 0 Å². The Balaban J connectivity index is 2.02. The van der Waals surface area contributed by atoms with Crippen molar-refractivity contribution in [2.45, 2.75) is 45.1 Å². The number of ether oxygens (including phenoxy) is 2. The molecule has 20 heavy (non-hydrogen) atoms. The zero-order valence-corrected chi connectivity index (χ0v) is 12.1. The summed E-state index contributed by atoms with van der Waals surface area (Å²) in [6.45, 7) is 4.15. The number of carbonyl (C=O) groups excluding carboxylic acids is 1. The third-order valence-electron chi connectivity index (χ3n) is 3.60. The molecule has 5 heteroatoms. The van der Waals surface area contributed by atoms with Crippen molar-refractivity contribution in [2.24, 2.45) is 0 Å². The number of carbonyl (C=O) groups is 1.